The minimum absolute atomic E-state index is 0.0571. The van der Waals surface area contributed by atoms with Crippen molar-refractivity contribution in [2.24, 2.45) is 0 Å². The molecule has 7 nitrogen and oxygen atoms in total. The van der Waals surface area contributed by atoms with Crippen LogP contribution in [0.2, 0.25) is 4.34 Å². The van der Waals surface area contributed by atoms with Gasteiger partial charge in [0.05, 0.1) is 31.7 Å². The number of benzene rings is 1. The van der Waals surface area contributed by atoms with E-state index in [2.05, 4.69) is 9.46 Å². The van der Waals surface area contributed by atoms with E-state index in [1.807, 2.05) is 0 Å². The molecule has 1 atom stereocenters. The fourth-order valence-corrected chi connectivity index (χ4v) is 4.97. The molecule has 0 radical (unpaired) electrons. The lowest BCUT2D eigenvalue weighted by atomic mass is 10.2. The van der Waals surface area contributed by atoms with Crippen molar-refractivity contribution >= 4 is 45.0 Å². The van der Waals surface area contributed by atoms with Gasteiger partial charge < -0.3 is 14.2 Å². The quantitative estimate of drug-likeness (QED) is 0.492. The van der Waals surface area contributed by atoms with Crippen molar-refractivity contribution in [1.82, 2.24) is 4.72 Å². The lowest BCUT2D eigenvalue weighted by Crippen LogP contribution is -2.27. The van der Waals surface area contributed by atoms with E-state index >= 15 is 0 Å². The number of thiophene rings is 1. The van der Waals surface area contributed by atoms with Gasteiger partial charge in [-0.3, -0.25) is 0 Å². The molecule has 1 unspecified atom stereocenters. The number of hydrogen-bond acceptors (Lipinski definition) is 7. The van der Waals surface area contributed by atoms with Crippen LogP contribution in [-0.2, 0) is 19.6 Å². The Morgan fingerprint density at radius 3 is 2.46 bits per heavy atom. The van der Waals surface area contributed by atoms with Crippen molar-refractivity contribution in [2.75, 3.05) is 21.3 Å². The van der Waals surface area contributed by atoms with Gasteiger partial charge in [-0.05, 0) is 42.8 Å². The van der Waals surface area contributed by atoms with E-state index in [1.165, 1.54) is 50.9 Å². The molecule has 2 aromatic rings. The molecule has 0 fully saturated rings. The zero-order valence-electron chi connectivity index (χ0n) is 15.7. The summed E-state index contributed by atoms with van der Waals surface area (Å²) in [5, 5.41) is 0. The molecule has 1 heterocycles. The number of rotatable bonds is 8. The van der Waals surface area contributed by atoms with Crippen molar-refractivity contribution in [3.8, 4) is 11.5 Å². The molecule has 1 N–H and O–H groups in total. The highest BCUT2D eigenvalue weighted by Gasteiger charge is 2.26. The van der Waals surface area contributed by atoms with Gasteiger partial charge in [-0.2, -0.15) is 0 Å². The number of methoxy groups -OCH3 is 3. The Morgan fingerprint density at radius 2 is 1.93 bits per heavy atom. The average molecular weight is 446 g/mol. The van der Waals surface area contributed by atoms with Crippen LogP contribution in [0, 0.1) is 0 Å². The van der Waals surface area contributed by atoms with Crippen LogP contribution < -0.4 is 14.2 Å². The topological polar surface area (TPSA) is 90.9 Å². The van der Waals surface area contributed by atoms with Gasteiger partial charge in [0.25, 0.3) is 0 Å². The maximum Gasteiger partial charge on any atom is 0.330 e. The van der Waals surface area contributed by atoms with E-state index in [4.69, 9.17) is 21.1 Å². The molecule has 10 heteroatoms. The standard InChI is InChI=1S/C18H20ClNO6S2/c1-11(14-6-7-16(19)27-14)20-28(22,23)15-10-12(5-8-17(21)25-3)9-13(24-2)18(15)26-4/h5-11,20H,1-4H3/b8-5+. The molecular weight excluding hydrogens is 426 g/mol. The second-order valence-corrected chi connectivity index (χ2v) is 9.02. The molecule has 28 heavy (non-hydrogen) atoms. The van der Waals surface area contributed by atoms with Crippen molar-refractivity contribution in [3.63, 3.8) is 0 Å². The number of ether oxygens (including phenoxy) is 3. The Labute approximate surface area is 172 Å². The van der Waals surface area contributed by atoms with E-state index in [0.717, 1.165) is 4.88 Å². The molecule has 0 aliphatic rings. The van der Waals surface area contributed by atoms with Gasteiger partial charge in [0.2, 0.25) is 10.0 Å². The molecule has 2 rings (SSSR count). The Balaban J connectivity index is 2.47. The highest BCUT2D eigenvalue weighted by molar-refractivity contribution is 7.89. The summed E-state index contributed by atoms with van der Waals surface area (Å²) in [5.74, 6) is -0.302. The first-order valence-electron chi connectivity index (χ1n) is 8.01. The highest BCUT2D eigenvalue weighted by atomic mass is 35.5. The highest BCUT2D eigenvalue weighted by Crippen LogP contribution is 2.37. The normalized spacial score (nSPS) is 12.8. The SMILES string of the molecule is COC(=O)/C=C/c1cc(OC)c(OC)c(S(=O)(=O)NC(C)c2ccc(Cl)s2)c1. The van der Waals surface area contributed by atoms with E-state index in [-0.39, 0.29) is 16.4 Å². The van der Waals surface area contributed by atoms with Gasteiger partial charge in [-0.1, -0.05) is 11.6 Å². The van der Waals surface area contributed by atoms with Crippen LogP contribution in [0.4, 0.5) is 0 Å². The summed E-state index contributed by atoms with van der Waals surface area (Å²) in [7, 11) is 0.0126. The van der Waals surface area contributed by atoms with Crippen LogP contribution in [0.1, 0.15) is 23.4 Å². The lowest BCUT2D eigenvalue weighted by molar-refractivity contribution is -0.134. The van der Waals surface area contributed by atoms with Gasteiger partial charge in [0, 0.05) is 11.0 Å². The molecule has 0 aliphatic heterocycles. The summed E-state index contributed by atoms with van der Waals surface area (Å²) in [6.45, 7) is 1.71. The minimum atomic E-state index is -3.98. The Bertz CT molecular complexity index is 984. The number of nitrogens with one attached hydrogen (secondary N) is 1. The Hall–Kier alpha value is -2.07. The number of hydrogen-bond donors (Lipinski definition) is 1. The predicted molar refractivity (Wildman–Crippen MR) is 109 cm³/mol. The molecule has 1 aromatic heterocycles. The van der Waals surface area contributed by atoms with E-state index in [1.54, 1.807) is 25.1 Å². The molecule has 0 saturated heterocycles. The molecule has 0 bridgehead atoms. The zero-order chi connectivity index (χ0) is 20.9. The third-order valence-corrected chi connectivity index (χ3v) is 6.68. The maximum absolute atomic E-state index is 13.0. The van der Waals surface area contributed by atoms with Crippen molar-refractivity contribution in [1.29, 1.82) is 0 Å². The fourth-order valence-electron chi connectivity index (χ4n) is 2.39. The number of sulfonamides is 1. The van der Waals surface area contributed by atoms with E-state index in [9.17, 15) is 13.2 Å². The average Bonchev–Trinajstić information content (AvgIpc) is 3.11. The lowest BCUT2D eigenvalue weighted by Gasteiger charge is -2.17. The summed E-state index contributed by atoms with van der Waals surface area (Å²) in [4.78, 5) is 12.0. The van der Waals surface area contributed by atoms with Gasteiger partial charge in [-0.25, -0.2) is 17.9 Å². The summed E-state index contributed by atoms with van der Waals surface area (Å²) in [6.07, 6.45) is 2.61. The van der Waals surface area contributed by atoms with Gasteiger partial charge in [0.1, 0.15) is 4.90 Å². The summed E-state index contributed by atoms with van der Waals surface area (Å²) < 4.78 is 44.3. The first-order chi connectivity index (χ1) is 13.2. The Morgan fingerprint density at radius 1 is 1.21 bits per heavy atom. The number of esters is 1. The third kappa shape index (κ3) is 5.26. The number of carbonyl (C=O) groups excluding carboxylic acids is 1. The summed E-state index contributed by atoms with van der Waals surface area (Å²) >= 11 is 7.22. The second-order valence-electron chi connectivity index (χ2n) is 5.60. The molecule has 0 aliphatic carbocycles. The molecule has 1 aromatic carbocycles. The largest absolute Gasteiger partial charge is 0.493 e. The molecule has 0 saturated carbocycles. The monoisotopic (exact) mass is 445 g/mol. The van der Waals surface area contributed by atoms with E-state index in [0.29, 0.717) is 9.90 Å². The second kappa shape index (κ2) is 9.42. The third-order valence-electron chi connectivity index (χ3n) is 3.72. The molecule has 0 amide bonds. The molecule has 152 valence electrons. The first kappa shape index (κ1) is 22.2. The van der Waals surface area contributed by atoms with Crippen molar-refractivity contribution < 1.29 is 27.4 Å². The van der Waals surface area contributed by atoms with Crippen LogP contribution in [0.3, 0.4) is 0 Å². The van der Waals surface area contributed by atoms with Gasteiger partial charge >= 0.3 is 5.97 Å². The zero-order valence-corrected chi connectivity index (χ0v) is 18.1. The van der Waals surface area contributed by atoms with Crippen LogP contribution in [0.5, 0.6) is 11.5 Å². The first-order valence-corrected chi connectivity index (χ1v) is 10.7. The van der Waals surface area contributed by atoms with Gasteiger partial charge in [-0.15, -0.1) is 11.3 Å². The fraction of sp³-hybridized carbons (Fsp3) is 0.278. The molecular formula is C18H20ClNO6S2. The van der Waals surface area contributed by atoms with Gasteiger partial charge in [0.15, 0.2) is 11.5 Å². The van der Waals surface area contributed by atoms with Crippen LogP contribution in [0.25, 0.3) is 6.08 Å². The molecule has 0 spiro atoms. The van der Waals surface area contributed by atoms with Crippen molar-refractivity contribution in [2.45, 2.75) is 17.9 Å². The summed E-state index contributed by atoms with van der Waals surface area (Å²) in [5.41, 5.74) is 0.426. The maximum atomic E-state index is 13.0. The summed E-state index contributed by atoms with van der Waals surface area (Å²) in [6, 6.07) is 5.89. The number of halogens is 1. The van der Waals surface area contributed by atoms with E-state index < -0.39 is 22.0 Å². The van der Waals surface area contributed by atoms with Crippen LogP contribution >= 0.6 is 22.9 Å². The number of carbonyl (C=O) groups is 1. The van der Waals surface area contributed by atoms with Crippen LogP contribution in [-0.4, -0.2) is 35.7 Å². The smallest absolute Gasteiger partial charge is 0.330 e. The Kier molecular flexibility index (Phi) is 7.48. The van der Waals surface area contributed by atoms with Crippen molar-refractivity contribution in [3.05, 3.63) is 45.1 Å². The van der Waals surface area contributed by atoms with Crippen LogP contribution in [0.15, 0.2) is 35.2 Å². The minimum Gasteiger partial charge on any atom is -0.493 e. The predicted octanol–water partition coefficient (Wildman–Crippen LogP) is 3.64.